The number of ether oxygens (including phenoxy) is 1. The Morgan fingerprint density at radius 2 is 1.69 bits per heavy atom. The number of nitrogens with zero attached hydrogens (tertiary/aromatic N) is 1. The van der Waals surface area contributed by atoms with Gasteiger partial charge in [0.15, 0.2) is 0 Å². The summed E-state index contributed by atoms with van der Waals surface area (Å²) in [6.45, 7) is 4.22. The lowest BCUT2D eigenvalue weighted by Crippen LogP contribution is -2.35. The van der Waals surface area contributed by atoms with Gasteiger partial charge in [0.05, 0.1) is 18.8 Å². The maximum absolute atomic E-state index is 12.7. The number of hydrogen-bond donors (Lipinski definition) is 1. The van der Waals surface area contributed by atoms with Crippen LogP contribution in [0.1, 0.15) is 29.0 Å². The Labute approximate surface area is 167 Å². The number of benzene rings is 2. The highest BCUT2D eigenvalue weighted by atomic mass is 19.4. The fraction of sp³-hybridized carbons (Fsp3) is 0.409. The molecule has 1 saturated carbocycles. The molecule has 4 rings (SSSR count). The van der Waals surface area contributed by atoms with E-state index < -0.39 is 11.7 Å². The Bertz CT molecular complexity index is 844. The summed E-state index contributed by atoms with van der Waals surface area (Å²) in [5.41, 5.74) is 2.02. The lowest BCUT2D eigenvalue weighted by molar-refractivity contribution is -0.137. The molecular formula is C22H23F3N2O2. The van der Waals surface area contributed by atoms with Crippen molar-refractivity contribution in [2.45, 2.75) is 25.1 Å². The van der Waals surface area contributed by atoms with Crippen molar-refractivity contribution < 1.29 is 22.7 Å². The zero-order chi connectivity index (χ0) is 20.4. The number of nitrogens with one attached hydrogen (secondary N) is 1. The largest absolute Gasteiger partial charge is 0.416 e. The van der Waals surface area contributed by atoms with Crippen molar-refractivity contribution in [1.29, 1.82) is 0 Å². The Hall–Kier alpha value is -2.38. The first-order valence-corrected chi connectivity index (χ1v) is 9.77. The van der Waals surface area contributed by atoms with Crippen LogP contribution in [0, 0.1) is 5.92 Å². The Morgan fingerprint density at radius 1 is 1.03 bits per heavy atom. The molecule has 0 aromatic heterocycles. The van der Waals surface area contributed by atoms with Gasteiger partial charge in [0, 0.05) is 31.2 Å². The fourth-order valence-corrected chi connectivity index (χ4v) is 3.72. The molecule has 1 saturated heterocycles. The molecular weight excluding hydrogens is 381 g/mol. The van der Waals surface area contributed by atoms with Gasteiger partial charge in [-0.1, -0.05) is 24.3 Å². The zero-order valence-electron chi connectivity index (χ0n) is 15.9. The standard InChI is InChI=1S/C22H23F3N2O2/c23-22(24,25)17-5-3-16(4-6-17)19-13-20(19)21(28)26-18-7-1-15(2-8-18)14-27-9-11-29-12-10-27/h1-8,19-20H,9-14H2,(H,26,28). The molecule has 2 aromatic carbocycles. The number of amides is 1. The predicted octanol–water partition coefficient (Wildman–Crippen LogP) is 4.28. The van der Waals surface area contributed by atoms with Crippen LogP contribution in [0.3, 0.4) is 0 Å². The maximum Gasteiger partial charge on any atom is 0.416 e. The number of alkyl halides is 3. The van der Waals surface area contributed by atoms with E-state index in [4.69, 9.17) is 4.74 Å². The average molecular weight is 404 g/mol. The summed E-state index contributed by atoms with van der Waals surface area (Å²) in [6, 6.07) is 12.9. The third-order valence-electron chi connectivity index (χ3n) is 5.52. The molecule has 1 aliphatic carbocycles. The molecule has 1 amide bonds. The Balaban J connectivity index is 1.30. The van der Waals surface area contributed by atoms with Crippen molar-refractivity contribution in [2.24, 2.45) is 5.92 Å². The van der Waals surface area contributed by atoms with E-state index in [0.29, 0.717) is 6.42 Å². The van der Waals surface area contributed by atoms with Gasteiger partial charge in [-0.05, 0) is 47.7 Å². The minimum atomic E-state index is -4.34. The number of rotatable bonds is 5. The number of hydrogen-bond acceptors (Lipinski definition) is 3. The third-order valence-corrected chi connectivity index (χ3v) is 5.52. The molecule has 0 spiro atoms. The highest BCUT2D eigenvalue weighted by Crippen LogP contribution is 2.48. The van der Waals surface area contributed by atoms with E-state index in [0.717, 1.165) is 56.2 Å². The van der Waals surface area contributed by atoms with E-state index in [1.807, 2.05) is 24.3 Å². The van der Waals surface area contributed by atoms with Crippen molar-refractivity contribution in [3.8, 4) is 0 Å². The van der Waals surface area contributed by atoms with Crippen molar-refractivity contribution >= 4 is 11.6 Å². The monoisotopic (exact) mass is 404 g/mol. The molecule has 29 heavy (non-hydrogen) atoms. The first-order valence-electron chi connectivity index (χ1n) is 9.77. The summed E-state index contributed by atoms with van der Waals surface area (Å²) >= 11 is 0. The number of carbonyl (C=O) groups is 1. The molecule has 4 nitrogen and oxygen atoms in total. The maximum atomic E-state index is 12.7. The van der Waals surface area contributed by atoms with Crippen LogP contribution in [0.15, 0.2) is 48.5 Å². The molecule has 2 fully saturated rings. The summed E-state index contributed by atoms with van der Waals surface area (Å²) in [6.07, 6.45) is -3.68. The van der Waals surface area contributed by atoms with E-state index in [1.54, 1.807) is 0 Å². The highest BCUT2D eigenvalue weighted by Gasteiger charge is 2.44. The smallest absolute Gasteiger partial charge is 0.379 e. The van der Waals surface area contributed by atoms with Crippen molar-refractivity contribution in [3.05, 3.63) is 65.2 Å². The van der Waals surface area contributed by atoms with E-state index in [9.17, 15) is 18.0 Å². The van der Waals surface area contributed by atoms with Gasteiger partial charge in [-0.2, -0.15) is 13.2 Å². The van der Waals surface area contributed by atoms with Crippen LogP contribution in [-0.4, -0.2) is 37.1 Å². The summed E-state index contributed by atoms with van der Waals surface area (Å²) in [4.78, 5) is 14.8. The van der Waals surface area contributed by atoms with Gasteiger partial charge in [0.2, 0.25) is 5.91 Å². The molecule has 0 radical (unpaired) electrons. The quantitative estimate of drug-likeness (QED) is 0.809. The van der Waals surface area contributed by atoms with Crippen LogP contribution in [0.5, 0.6) is 0 Å². The Kier molecular flexibility index (Phi) is 5.61. The van der Waals surface area contributed by atoms with Gasteiger partial charge in [-0.3, -0.25) is 9.69 Å². The molecule has 2 unspecified atom stereocenters. The fourth-order valence-electron chi connectivity index (χ4n) is 3.72. The number of morpholine rings is 1. The van der Waals surface area contributed by atoms with Crippen LogP contribution in [-0.2, 0) is 22.3 Å². The van der Waals surface area contributed by atoms with Crippen molar-refractivity contribution in [3.63, 3.8) is 0 Å². The summed E-state index contributed by atoms with van der Waals surface area (Å²) in [7, 11) is 0. The van der Waals surface area contributed by atoms with Crippen LogP contribution in [0.2, 0.25) is 0 Å². The first-order chi connectivity index (χ1) is 13.9. The van der Waals surface area contributed by atoms with E-state index in [1.165, 1.54) is 17.7 Å². The molecule has 2 aromatic rings. The minimum Gasteiger partial charge on any atom is -0.379 e. The van der Waals surface area contributed by atoms with E-state index >= 15 is 0 Å². The third kappa shape index (κ3) is 4.97. The van der Waals surface area contributed by atoms with Gasteiger partial charge >= 0.3 is 6.18 Å². The van der Waals surface area contributed by atoms with Crippen LogP contribution >= 0.6 is 0 Å². The van der Waals surface area contributed by atoms with E-state index in [2.05, 4.69) is 10.2 Å². The molecule has 0 bridgehead atoms. The summed E-state index contributed by atoms with van der Waals surface area (Å²) in [5, 5.41) is 2.92. The van der Waals surface area contributed by atoms with E-state index in [-0.39, 0.29) is 17.7 Å². The second kappa shape index (κ2) is 8.16. The van der Waals surface area contributed by atoms with Crippen LogP contribution < -0.4 is 5.32 Å². The molecule has 154 valence electrons. The number of halogens is 3. The van der Waals surface area contributed by atoms with Crippen LogP contribution in [0.4, 0.5) is 18.9 Å². The summed E-state index contributed by atoms with van der Waals surface area (Å²) < 4.78 is 43.4. The summed E-state index contributed by atoms with van der Waals surface area (Å²) in [5.74, 6) is -0.298. The molecule has 7 heteroatoms. The zero-order valence-corrected chi connectivity index (χ0v) is 15.9. The second-order valence-electron chi connectivity index (χ2n) is 7.64. The number of carbonyl (C=O) groups excluding carboxylic acids is 1. The number of anilines is 1. The van der Waals surface area contributed by atoms with Gasteiger partial charge < -0.3 is 10.1 Å². The lowest BCUT2D eigenvalue weighted by atomic mass is 10.1. The molecule has 2 atom stereocenters. The SMILES string of the molecule is O=C(Nc1ccc(CN2CCOCC2)cc1)C1CC1c1ccc(C(F)(F)F)cc1. The molecule has 1 N–H and O–H groups in total. The van der Waals surface area contributed by atoms with Gasteiger partial charge in [-0.25, -0.2) is 0 Å². The first kappa shape index (κ1) is 19.9. The second-order valence-corrected chi connectivity index (χ2v) is 7.64. The predicted molar refractivity (Wildman–Crippen MR) is 103 cm³/mol. The van der Waals surface area contributed by atoms with Gasteiger partial charge in [0.25, 0.3) is 0 Å². The molecule has 1 heterocycles. The lowest BCUT2D eigenvalue weighted by Gasteiger charge is -2.26. The van der Waals surface area contributed by atoms with Crippen molar-refractivity contribution in [2.75, 3.05) is 31.6 Å². The molecule has 1 aliphatic heterocycles. The normalized spacial score (nSPS) is 22.3. The van der Waals surface area contributed by atoms with Gasteiger partial charge in [0.1, 0.15) is 0 Å². The molecule has 2 aliphatic rings. The average Bonchev–Trinajstić information content (AvgIpc) is 3.51. The minimum absolute atomic E-state index is 0.0159. The van der Waals surface area contributed by atoms with Crippen LogP contribution in [0.25, 0.3) is 0 Å². The highest BCUT2D eigenvalue weighted by molar-refractivity contribution is 5.95. The topological polar surface area (TPSA) is 41.6 Å². The van der Waals surface area contributed by atoms with Gasteiger partial charge in [-0.15, -0.1) is 0 Å². The van der Waals surface area contributed by atoms with Crippen molar-refractivity contribution in [1.82, 2.24) is 4.90 Å². The Morgan fingerprint density at radius 3 is 2.31 bits per heavy atom.